The quantitative estimate of drug-likeness (QED) is 0.754. The first-order valence-electron chi connectivity index (χ1n) is 5.41. The molecule has 0 fully saturated rings. The molecule has 0 radical (unpaired) electrons. The van der Waals surface area contributed by atoms with E-state index in [2.05, 4.69) is 5.32 Å². The van der Waals surface area contributed by atoms with Gasteiger partial charge in [0.15, 0.2) is 5.81 Å². The van der Waals surface area contributed by atoms with E-state index in [1.165, 1.54) is 7.85 Å². The topological polar surface area (TPSA) is 66.4 Å². The van der Waals surface area contributed by atoms with Crippen molar-refractivity contribution < 1.29 is 14.7 Å². The van der Waals surface area contributed by atoms with Gasteiger partial charge in [0, 0.05) is 5.41 Å². The van der Waals surface area contributed by atoms with Gasteiger partial charge < -0.3 is 10.4 Å². The van der Waals surface area contributed by atoms with Crippen LogP contribution >= 0.6 is 0 Å². The number of carbonyl (C=O) groups is 2. The molecular formula is C12H16BNO3. The molecule has 0 aliphatic rings. The van der Waals surface area contributed by atoms with Crippen LogP contribution in [0.1, 0.15) is 19.4 Å². The molecule has 0 aromatic heterocycles. The number of carboxylic acids is 1. The second-order valence-corrected chi connectivity index (χ2v) is 4.56. The van der Waals surface area contributed by atoms with Gasteiger partial charge in [-0.05, 0) is 5.56 Å². The molecule has 0 bridgehead atoms. The summed E-state index contributed by atoms with van der Waals surface area (Å²) in [4.78, 5) is 22.3. The van der Waals surface area contributed by atoms with E-state index in [0.717, 1.165) is 5.56 Å². The Morgan fingerprint density at radius 3 is 2.24 bits per heavy atom. The van der Waals surface area contributed by atoms with Crippen molar-refractivity contribution >= 4 is 19.6 Å². The number of aliphatic carboxylic acids is 1. The van der Waals surface area contributed by atoms with Crippen LogP contribution in [0.25, 0.3) is 0 Å². The van der Waals surface area contributed by atoms with Crippen molar-refractivity contribution in [1.82, 2.24) is 5.32 Å². The van der Waals surface area contributed by atoms with Crippen molar-refractivity contribution in [3.63, 3.8) is 0 Å². The first kappa shape index (κ1) is 13.3. The largest absolute Gasteiger partial charge is 0.480 e. The van der Waals surface area contributed by atoms with E-state index in [0.29, 0.717) is 0 Å². The van der Waals surface area contributed by atoms with Gasteiger partial charge in [0.25, 0.3) is 0 Å². The van der Waals surface area contributed by atoms with Crippen LogP contribution in [0.2, 0.25) is 0 Å². The van der Waals surface area contributed by atoms with Crippen LogP contribution in [0, 0.1) is 0 Å². The molecule has 1 atom stereocenters. The standard InChI is InChI=1S/C12H16BNO3/c1-12(2,8-6-4-3-5-7-8)9(10(15)16)14-11(13)17/h3-7,9H,13H2,1-2H3,(H,14,17)(H,15,16)/t9-/m1/s1. The molecule has 2 N–H and O–H groups in total. The van der Waals surface area contributed by atoms with Crippen molar-refractivity contribution in [1.29, 1.82) is 0 Å². The lowest BCUT2D eigenvalue weighted by Gasteiger charge is -2.32. The molecule has 0 saturated carbocycles. The minimum Gasteiger partial charge on any atom is -0.480 e. The van der Waals surface area contributed by atoms with E-state index in [9.17, 15) is 14.7 Å². The minimum absolute atomic E-state index is 0.346. The molecule has 1 amide bonds. The fraction of sp³-hybridized carbons (Fsp3) is 0.333. The maximum Gasteiger partial charge on any atom is 0.327 e. The Kier molecular flexibility index (Phi) is 3.94. The summed E-state index contributed by atoms with van der Waals surface area (Å²) in [5.74, 6) is -1.38. The molecule has 1 rings (SSSR count). The third-order valence-corrected chi connectivity index (χ3v) is 2.83. The fourth-order valence-electron chi connectivity index (χ4n) is 1.79. The average Bonchev–Trinajstić information content (AvgIpc) is 2.26. The molecular weight excluding hydrogens is 217 g/mol. The highest BCUT2D eigenvalue weighted by atomic mass is 16.4. The highest BCUT2D eigenvalue weighted by Gasteiger charge is 2.37. The zero-order chi connectivity index (χ0) is 13.1. The third-order valence-electron chi connectivity index (χ3n) is 2.83. The zero-order valence-corrected chi connectivity index (χ0v) is 10.2. The fourth-order valence-corrected chi connectivity index (χ4v) is 1.79. The molecule has 0 heterocycles. The highest BCUT2D eigenvalue weighted by Crippen LogP contribution is 2.27. The van der Waals surface area contributed by atoms with Gasteiger partial charge in [-0.1, -0.05) is 44.2 Å². The number of benzene rings is 1. The summed E-state index contributed by atoms with van der Waals surface area (Å²) in [6.07, 6.45) is 0. The van der Waals surface area contributed by atoms with Gasteiger partial charge in [0.2, 0.25) is 7.85 Å². The van der Waals surface area contributed by atoms with Crippen molar-refractivity contribution in [2.75, 3.05) is 0 Å². The lowest BCUT2D eigenvalue weighted by molar-refractivity contribution is -0.140. The second-order valence-electron chi connectivity index (χ2n) is 4.56. The summed E-state index contributed by atoms with van der Waals surface area (Å²) in [6.45, 7) is 3.61. The summed E-state index contributed by atoms with van der Waals surface area (Å²) in [7, 11) is 1.32. The Labute approximate surface area is 101 Å². The first-order chi connectivity index (χ1) is 7.85. The first-order valence-corrected chi connectivity index (χ1v) is 5.41. The van der Waals surface area contributed by atoms with Crippen molar-refractivity contribution in [2.45, 2.75) is 25.3 Å². The van der Waals surface area contributed by atoms with Crippen molar-refractivity contribution in [3.05, 3.63) is 35.9 Å². The summed E-state index contributed by atoms with van der Waals surface area (Å²) >= 11 is 0. The van der Waals surface area contributed by atoms with E-state index >= 15 is 0 Å². The summed E-state index contributed by atoms with van der Waals surface area (Å²) in [5.41, 5.74) is 0.208. The van der Waals surface area contributed by atoms with Crippen LogP contribution < -0.4 is 5.32 Å². The van der Waals surface area contributed by atoms with Crippen LogP contribution in [0.5, 0.6) is 0 Å². The Balaban J connectivity index is 3.08. The molecule has 17 heavy (non-hydrogen) atoms. The average molecular weight is 233 g/mol. The van der Waals surface area contributed by atoms with Crippen molar-refractivity contribution in [3.8, 4) is 0 Å². The highest BCUT2D eigenvalue weighted by molar-refractivity contribution is 6.57. The normalized spacial score (nSPS) is 12.8. The molecule has 4 nitrogen and oxygen atoms in total. The number of carboxylic acid groups (broad SMARTS) is 1. The molecule has 0 aliphatic heterocycles. The summed E-state index contributed by atoms with van der Waals surface area (Å²) in [6, 6.07) is 8.35. The smallest absolute Gasteiger partial charge is 0.327 e. The van der Waals surface area contributed by atoms with E-state index < -0.39 is 17.4 Å². The number of amides is 1. The molecule has 0 unspecified atom stereocenters. The predicted octanol–water partition coefficient (Wildman–Crippen LogP) is 0.760. The number of rotatable bonds is 4. The Bertz CT molecular complexity index is 417. The van der Waals surface area contributed by atoms with Crippen LogP contribution in [-0.4, -0.2) is 30.8 Å². The molecule has 0 spiro atoms. The Morgan fingerprint density at radius 1 is 1.29 bits per heavy atom. The van der Waals surface area contributed by atoms with Crippen LogP contribution in [0.3, 0.4) is 0 Å². The number of hydrogen-bond acceptors (Lipinski definition) is 2. The maximum atomic E-state index is 11.2. The van der Waals surface area contributed by atoms with Gasteiger partial charge in [0.1, 0.15) is 6.04 Å². The van der Waals surface area contributed by atoms with Crippen LogP contribution in [-0.2, 0) is 10.2 Å². The van der Waals surface area contributed by atoms with E-state index in [1.54, 1.807) is 13.8 Å². The zero-order valence-electron chi connectivity index (χ0n) is 10.2. The lowest BCUT2D eigenvalue weighted by atomic mass is 9.77. The molecule has 0 aliphatic carbocycles. The van der Waals surface area contributed by atoms with Gasteiger partial charge in [-0.25, -0.2) is 4.79 Å². The molecule has 90 valence electrons. The monoisotopic (exact) mass is 233 g/mol. The Hall–Kier alpha value is -1.78. The maximum absolute atomic E-state index is 11.2. The van der Waals surface area contributed by atoms with Crippen LogP contribution in [0.15, 0.2) is 30.3 Å². The summed E-state index contributed by atoms with van der Waals surface area (Å²) in [5, 5.41) is 11.7. The van der Waals surface area contributed by atoms with E-state index in [-0.39, 0.29) is 5.81 Å². The summed E-state index contributed by atoms with van der Waals surface area (Å²) < 4.78 is 0. The predicted molar refractivity (Wildman–Crippen MR) is 68.0 cm³/mol. The third kappa shape index (κ3) is 3.09. The molecule has 0 saturated heterocycles. The van der Waals surface area contributed by atoms with Gasteiger partial charge in [-0.2, -0.15) is 0 Å². The van der Waals surface area contributed by atoms with Crippen LogP contribution in [0.4, 0.5) is 4.79 Å². The van der Waals surface area contributed by atoms with E-state index in [1.807, 2.05) is 30.3 Å². The van der Waals surface area contributed by atoms with Crippen molar-refractivity contribution in [2.24, 2.45) is 0 Å². The Morgan fingerprint density at radius 2 is 1.82 bits per heavy atom. The molecule has 1 aromatic carbocycles. The minimum atomic E-state index is -1.03. The van der Waals surface area contributed by atoms with Gasteiger partial charge in [-0.3, -0.25) is 4.79 Å². The second kappa shape index (κ2) is 5.04. The van der Waals surface area contributed by atoms with E-state index in [4.69, 9.17) is 0 Å². The lowest BCUT2D eigenvalue weighted by Crippen LogP contribution is -2.52. The number of carbonyl (C=O) groups excluding carboxylic acids is 1. The molecule has 5 heteroatoms. The van der Waals surface area contributed by atoms with Gasteiger partial charge in [0.05, 0.1) is 0 Å². The number of nitrogens with one attached hydrogen (secondary N) is 1. The van der Waals surface area contributed by atoms with Gasteiger partial charge >= 0.3 is 5.97 Å². The SMILES string of the molecule is BC(=O)N[C@H](C(=O)O)C(C)(C)c1ccccc1. The molecule has 1 aromatic rings. The van der Waals surface area contributed by atoms with Gasteiger partial charge in [-0.15, -0.1) is 0 Å². The number of hydrogen-bond donors (Lipinski definition) is 2.